The molecule has 1 aliphatic rings. The summed E-state index contributed by atoms with van der Waals surface area (Å²) < 4.78 is 1.97. The number of anilines is 2. The molecule has 1 aliphatic carbocycles. The molecule has 2 heterocycles. The minimum Gasteiger partial charge on any atom is -0.364 e. The van der Waals surface area contributed by atoms with Crippen LogP contribution in [0.5, 0.6) is 0 Å². The number of rotatable bonds is 4. The third-order valence-electron chi connectivity index (χ3n) is 4.53. The molecule has 0 amide bonds. The number of nitrogens with one attached hydrogen (secondary N) is 1. The second-order valence-corrected chi connectivity index (χ2v) is 6.41. The lowest BCUT2D eigenvalue weighted by Crippen LogP contribution is -2.10. The Labute approximate surface area is 141 Å². The van der Waals surface area contributed by atoms with E-state index in [4.69, 9.17) is 7.85 Å². The Morgan fingerprint density at radius 2 is 2.08 bits per heavy atom. The van der Waals surface area contributed by atoms with E-state index in [0.717, 1.165) is 35.0 Å². The highest BCUT2D eigenvalue weighted by Gasteiger charge is 2.25. The maximum Gasteiger partial charge on any atom is 0.182 e. The number of fused-ring (bicyclic) bond motifs is 1. The summed E-state index contributed by atoms with van der Waals surface area (Å²) in [5.74, 6) is 0.935. The summed E-state index contributed by atoms with van der Waals surface area (Å²) in [5.41, 5.74) is 3.83. The van der Waals surface area contributed by atoms with Gasteiger partial charge in [0.15, 0.2) is 6.29 Å². The van der Waals surface area contributed by atoms with Crippen LogP contribution in [0.15, 0.2) is 36.7 Å². The maximum atomic E-state index is 9.69. The van der Waals surface area contributed by atoms with Gasteiger partial charge in [-0.1, -0.05) is 5.46 Å². The van der Waals surface area contributed by atoms with Gasteiger partial charge >= 0.3 is 0 Å². The number of pyridine rings is 1. The fourth-order valence-corrected chi connectivity index (χ4v) is 3.13. The summed E-state index contributed by atoms with van der Waals surface area (Å²) in [4.78, 5) is 4.39. The highest BCUT2D eigenvalue weighted by atomic mass is 16.5. The van der Waals surface area contributed by atoms with Crippen molar-refractivity contribution in [2.45, 2.75) is 25.0 Å². The Hall–Kier alpha value is -2.31. The zero-order valence-corrected chi connectivity index (χ0v) is 13.4. The van der Waals surface area contributed by atoms with Gasteiger partial charge < -0.3 is 20.1 Å². The van der Waals surface area contributed by atoms with Crippen molar-refractivity contribution in [3.63, 3.8) is 0 Å². The van der Waals surface area contributed by atoms with Crippen LogP contribution < -0.4 is 10.8 Å². The van der Waals surface area contributed by atoms with Crippen LogP contribution in [0.2, 0.25) is 0 Å². The monoisotopic (exact) mass is 319 g/mol. The number of aryl methyl sites for hydroxylation is 1. The maximum absolute atomic E-state index is 9.69. The average Bonchev–Trinajstić information content (AvgIpc) is 3.31. The zero-order valence-electron chi connectivity index (χ0n) is 13.4. The average molecular weight is 319 g/mol. The van der Waals surface area contributed by atoms with Crippen LogP contribution in [0.4, 0.5) is 11.5 Å². The smallest absolute Gasteiger partial charge is 0.182 e. The van der Waals surface area contributed by atoms with Gasteiger partial charge in [-0.25, -0.2) is 4.98 Å². The summed E-state index contributed by atoms with van der Waals surface area (Å²) in [5, 5.41) is 23.5. The van der Waals surface area contributed by atoms with E-state index in [1.165, 1.54) is 0 Å². The molecule has 1 aromatic carbocycles. The number of hydrogen-bond acceptors (Lipinski definition) is 4. The molecule has 120 valence electrons. The van der Waals surface area contributed by atoms with Gasteiger partial charge in [0.1, 0.15) is 13.7 Å². The van der Waals surface area contributed by atoms with Crippen molar-refractivity contribution < 1.29 is 10.2 Å². The highest BCUT2D eigenvalue weighted by Crippen LogP contribution is 2.41. The number of aliphatic hydroxyl groups is 2. The lowest BCUT2D eigenvalue weighted by molar-refractivity contribution is -0.0421. The Morgan fingerprint density at radius 1 is 1.29 bits per heavy atom. The molecule has 2 radical (unpaired) electrons. The summed E-state index contributed by atoms with van der Waals surface area (Å²) in [6.07, 6.45) is 4.46. The fraction of sp³-hybridized carbons (Fsp3) is 0.278. The summed E-state index contributed by atoms with van der Waals surface area (Å²) >= 11 is 0. The van der Waals surface area contributed by atoms with Gasteiger partial charge in [0, 0.05) is 36.0 Å². The second kappa shape index (κ2) is 5.65. The Bertz CT molecular complexity index is 916. The van der Waals surface area contributed by atoms with Gasteiger partial charge in [-0.15, -0.1) is 0 Å². The molecule has 3 aromatic rings. The largest absolute Gasteiger partial charge is 0.364 e. The molecule has 0 saturated heterocycles. The summed E-state index contributed by atoms with van der Waals surface area (Å²) in [7, 11) is 8.09. The lowest BCUT2D eigenvalue weighted by Gasteiger charge is -2.15. The molecular formula is C18H18BN3O2. The molecule has 0 bridgehead atoms. The topological polar surface area (TPSA) is 70.3 Å². The van der Waals surface area contributed by atoms with Crippen LogP contribution in [-0.2, 0) is 7.05 Å². The van der Waals surface area contributed by atoms with Gasteiger partial charge in [-0.2, -0.15) is 0 Å². The summed E-state index contributed by atoms with van der Waals surface area (Å²) in [6, 6.07) is 7.60. The third kappa shape index (κ3) is 2.68. The molecule has 0 unspecified atom stereocenters. The highest BCUT2D eigenvalue weighted by molar-refractivity contribution is 6.38. The molecule has 3 N–H and O–H groups in total. The van der Waals surface area contributed by atoms with E-state index in [1.54, 1.807) is 6.20 Å². The first kappa shape index (κ1) is 15.2. The first-order valence-corrected chi connectivity index (χ1v) is 8.00. The Balaban J connectivity index is 1.72. The molecule has 0 aliphatic heterocycles. The van der Waals surface area contributed by atoms with Crippen molar-refractivity contribution in [3.05, 3.63) is 47.8 Å². The molecule has 1 fully saturated rings. The van der Waals surface area contributed by atoms with Crippen LogP contribution in [-0.4, -0.2) is 27.6 Å². The van der Waals surface area contributed by atoms with E-state index in [-0.39, 0.29) is 0 Å². The molecule has 24 heavy (non-hydrogen) atoms. The minimum atomic E-state index is -1.57. The van der Waals surface area contributed by atoms with Crippen LogP contribution >= 0.6 is 0 Å². The fourth-order valence-electron chi connectivity index (χ4n) is 3.13. The van der Waals surface area contributed by atoms with Crippen molar-refractivity contribution >= 4 is 35.7 Å². The van der Waals surface area contributed by atoms with Crippen LogP contribution in [0.25, 0.3) is 10.9 Å². The Morgan fingerprint density at radius 3 is 2.79 bits per heavy atom. The minimum absolute atomic E-state index is 0.381. The number of nitrogens with zero attached hydrogens (tertiary/aromatic N) is 2. The molecular weight excluding hydrogens is 301 g/mol. The summed E-state index contributed by atoms with van der Waals surface area (Å²) in [6.45, 7) is 0. The molecule has 0 spiro atoms. The van der Waals surface area contributed by atoms with E-state index in [0.29, 0.717) is 22.8 Å². The lowest BCUT2D eigenvalue weighted by atomic mass is 9.93. The first-order chi connectivity index (χ1) is 11.5. The van der Waals surface area contributed by atoms with Gasteiger partial charge in [0.05, 0.1) is 5.56 Å². The number of hydrogen-bond donors (Lipinski definition) is 3. The Kier molecular flexibility index (Phi) is 3.59. The van der Waals surface area contributed by atoms with E-state index in [2.05, 4.69) is 10.3 Å². The molecule has 4 rings (SSSR count). The van der Waals surface area contributed by atoms with Gasteiger partial charge in [0.25, 0.3) is 0 Å². The van der Waals surface area contributed by atoms with Gasteiger partial charge in [-0.3, -0.25) is 0 Å². The third-order valence-corrected chi connectivity index (χ3v) is 4.53. The predicted molar refractivity (Wildman–Crippen MR) is 95.0 cm³/mol. The van der Waals surface area contributed by atoms with Crippen molar-refractivity contribution in [2.24, 2.45) is 7.05 Å². The van der Waals surface area contributed by atoms with Gasteiger partial charge in [0.2, 0.25) is 0 Å². The normalized spacial score (nSPS) is 14.5. The van der Waals surface area contributed by atoms with Gasteiger partial charge in [-0.05, 0) is 48.6 Å². The number of aliphatic hydroxyl groups excluding tert-OH is 1. The zero-order chi connectivity index (χ0) is 16.8. The van der Waals surface area contributed by atoms with Crippen molar-refractivity contribution in [1.29, 1.82) is 0 Å². The standard InChI is InChI=1S/C18H18BN3O2/c1-22-5-4-11-6-13(8-15(19)16(11)22)21-17-14(18(23)24)7-12(9-20-17)10-2-3-10/h4-10,18,23-24H,2-3H2,1H3,(H,20,21). The second-order valence-electron chi connectivity index (χ2n) is 6.41. The molecule has 5 nitrogen and oxygen atoms in total. The number of benzene rings is 1. The number of aromatic nitrogens is 2. The molecule has 6 heteroatoms. The van der Waals surface area contributed by atoms with E-state index < -0.39 is 6.29 Å². The van der Waals surface area contributed by atoms with Crippen molar-refractivity contribution in [3.8, 4) is 0 Å². The predicted octanol–water partition coefficient (Wildman–Crippen LogP) is 1.97. The van der Waals surface area contributed by atoms with E-state index in [9.17, 15) is 10.2 Å². The van der Waals surface area contributed by atoms with Crippen LogP contribution in [0.3, 0.4) is 0 Å². The molecule has 0 atom stereocenters. The molecule has 2 aromatic heterocycles. The van der Waals surface area contributed by atoms with Crippen molar-refractivity contribution in [1.82, 2.24) is 9.55 Å². The van der Waals surface area contributed by atoms with E-state index in [1.807, 2.05) is 42.1 Å². The van der Waals surface area contributed by atoms with Crippen LogP contribution in [0, 0.1) is 0 Å². The van der Waals surface area contributed by atoms with Crippen molar-refractivity contribution in [2.75, 3.05) is 5.32 Å². The quantitative estimate of drug-likeness (QED) is 0.508. The van der Waals surface area contributed by atoms with Crippen LogP contribution in [0.1, 0.15) is 36.2 Å². The first-order valence-electron chi connectivity index (χ1n) is 8.00. The van der Waals surface area contributed by atoms with E-state index >= 15 is 0 Å². The SMILES string of the molecule is [B]c1cc(Nc2ncc(C3CC3)cc2C(O)O)cc2ccn(C)c12. The molecule has 1 saturated carbocycles.